The maximum atomic E-state index is 13.2. The lowest BCUT2D eigenvalue weighted by molar-refractivity contribution is 0.384. The Labute approximate surface area is 175 Å². The Morgan fingerprint density at radius 2 is 1.57 bits per heavy atom. The molecule has 3 aromatic heterocycles. The molecule has 0 radical (unpaired) electrons. The number of piperazine rings is 1. The largest absolute Gasteiger partial charge is 0.356 e. The zero-order chi connectivity index (χ0) is 20.6. The van der Waals surface area contributed by atoms with Crippen molar-refractivity contribution in [1.82, 2.24) is 24.2 Å². The summed E-state index contributed by atoms with van der Waals surface area (Å²) >= 11 is 0. The minimum Gasteiger partial charge on any atom is -0.356 e. The van der Waals surface area contributed by atoms with E-state index in [9.17, 15) is 8.42 Å². The van der Waals surface area contributed by atoms with Crippen molar-refractivity contribution in [2.75, 3.05) is 49.1 Å². The molecule has 0 aliphatic carbocycles. The average Bonchev–Trinajstić information content (AvgIpc) is 3.25. The van der Waals surface area contributed by atoms with Crippen LogP contribution in [0.1, 0.15) is 19.3 Å². The first kappa shape index (κ1) is 19.3. The first-order valence-electron chi connectivity index (χ1n) is 10.4. The minimum absolute atomic E-state index is 0.286. The van der Waals surface area contributed by atoms with Gasteiger partial charge in [0.1, 0.15) is 28.5 Å². The van der Waals surface area contributed by atoms with Crippen LogP contribution in [0.3, 0.4) is 0 Å². The highest BCUT2D eigenvalue weighted by Gasteiger charge is 2.31. The maximum absolute atomic E-state index is 13.2. The summed E-state index contributed by atoms with van der Waals surface area (Å²) in [5.74, 6) is 1.82. The number of hydrogen-bond acceptors (Lipinski definition) is 7. The van der Waals surface area contributed by atoms with Gasteiger partial charge in [-0.2, -0.15) is 4.31 Å². The number of nitrogens with zero attached hydrogens (tertiary/aromatic N) is 6. The van der Waals surface area contributed by atoms with Crippen LogP contribution in [0.4, 0.5) is 11.6 Å². The van der Waals surface area contributed by atoms with Crippen molar-refractivity contribution in [1.29, 1.82) is 0 Å². The lowest BCUT2D eigenvalue weighted by Crippen LogP contribution is -2.49. The number of aromatic nitrogens is 4. The second kappa shape index (κ2) is 7.84. The lowest BCUT2D eigenvalue weighted by atomic mass is 10.1. The Morgan fingerprint density at radius 1 is 0.867 bits per heavy atom. The predicted molar refractivity (Wildman–Crippen MR) is 115 cm³/mol. The summed E-state index contributed by atoms with van der Waals surface area (Å²) in [6.45, 7) is 4.08. The number of rotatable bonds is 4. The molecule has 2 saturated heterocycles. The number of aromatic amines is 1. The second-order valence-corrected chi connectivity index (χ2v) is 9.63. The fraction of sp³-hybridized carbons (Fsp3) is 0.450. The molecule has 0 unspecified atom stereocenters. The van der Waals surface area contributed by atoms with Gasteiger partial charge in [-0.1, -0.05) is 0 Å². The van der Waals surface area contributed by atoms with E-state index >= 15 is 0 Å². The van der Waals surface area contributed by atoms with Crippen molar-refractivity contribution in [3.63, 3.8) is 0 Å². The van der Waals surface area contributed by atoms with Crippen LogP contribution in [0.5, 0.6) is 0 Å². The first-order valence-corrected chi connectivity index (χ1v) is 11.8. The van der Waals surface area contributed by atoms with E-state index in [1.807, 2.05) is 6.07 Å². The maximum Gasteiger partial charge on any atom is 0.245 e. The monoisotopic (exact) mass is 427 g/mol. The topological polar surface area (TPSA) is 98.3 Å². The van der Waals surface area contributed by atoms with E-state index in [1.165, 1.54) is 25.5 Å². The van der Waals surface area contributed by atoms with Crippen LogP contribution >= 0.6 is 0 Å². The highest BCUT2D eigenvalue weighted by molar-refractivity contribution is 7.89. The summed E-state index contributed by atoms with van der Waals surface area (Å²) in [4.78, 5) is 20.8. The normalized spacial score (nSPS) is 18.8. The van der Waals surface area contributed by atoms with Crippen molar-refractivity contribution >= 4 is 32.7 Å². The number of hydrogen-bond donors (Lipinski definition) is 1. The van der Waals surface area contributed by atoms with Crippen LogP contribution in [0.25, 0.3) is 11.0 Å². The number of piperidine rings is 1. The molecule has 5 heterocycles. The van der Waals surface area contributed by atoms with Gasteiger partial charge in [0, 0.05) is 63.1 Å². The molecule has 2 fully saturated rings. The average molecular weight is 428 g/mol. The molecular formula is C20H25N7O2S. The van der Waals surface area contributed by atoms with Crippen LogP contribution in [-0.2, 0) is 10.0 Å². The number of pyridine rings is 1. The van der Waals surface area contributed by atoms with Gasteiger partial charge in [-0.3, -0.25) is 0 Å². The van der Waals surface area contributed by atoms with Crippen molar-refractivity contribution in [2.24, 2.45) is 0 Å². The van der Waals surface area contributed by atoms with Crippen LogP contribution in [-0.4, -0.2) is 71.9 Å². The zero-order valence-electron chi connectivity index (χ0n) is 16.7. The summed E-state index contributed by atoms with van der Waals surface area (Å²) < 4.78 is 27.9. The molecule has 1 N–H and O–H groups in total. The first-order chi connectivity index (χ1) is 14.6. The highest BCUT2D eigenvalue weighted by atomic mass is 32.2. The van der Waals surface area contributed by atoms with Crippen LogP contribution in [0, 0.1) is 0 Å². The van der Waals surface area contributed by atoms with E-state index in [4.69, 9.17) is 0 Å². The van der Waals surface area contributed by atoms with Crippen LogP contribution < -0.4 is 9.80 Å². The molecule has 10 heteroatoms. The Kier molecular flexibility index (Phi) is 5.03. The smallest absolute Gasteiger partial charge is 0.245 e. The van der Waals surface area contributed by atoms with Gasteiger partial charge in [-0.15, -0.1) is 0 Å². The van der Waals surface area contributed by atoms with Crippen molar-refractivity contribution in [3.05, 3.63) is 36.9 Å². The summed E-state index contributed by atoms with van der Waals surface area (Å²) in [6.07, 6.45) is 8.46. The van der Waals surface area contributed by atoms with E-state index in [-0.39, 0.29) is 4.90 Å². The molecule has 9 nitrogen and oxygen atoms in total. The standard InChI is InChI=1S/C20H25N7O2S/c28-30(29,17-14-22-20-16(17)5-4-6-21-20)27-11-9-26(10-12-27)19-13-18(23-15-24-19)25-7-2-1-3-8-25/h4-6,13-15H,1-3,7-12H2,(H,21,22). The molecule has 158 valence electrons. The summed E-state index contributed by atoms with van der Waals surface area (Å²) in [7, 11) is -3.58. The minimum atomic E-state index is -3.58. The molecule has 0 atom stereocenters. The second-order valence-electron chi connectivity index (χ2n) is 7.73. The van der Waals surface area contributed by atoms with E-state index in [0.29, 0.717) is 37.2 Å². The van der Waals surface area contributed by atoms with Gasteiger partial charge in [0.05, 0.1) is 0 Å². The fourth-order valence-corrected chi connectivity index (χ4v) is 5.82. The Bertz CT molecular complexity index is 1130. The SMILES string of the molecule is O=S(=O)(c1c[nH]c2ncccc12)N1CCN(c2cc(N3CCCCC3)ncn2)CC1. The fourth-order valence-electron chi connectivity index (χ4n) is 4.25. The van der Waals surface area contributed by atoms with Gasteiger partial charge < -0.3 is 14.8 Å². The molecule has 0 saturated carbocycles. The number of sulfonamides is 1. The molecular weight excluding hydrogens is 402 g/mol. The van der Waals surface area contributed by atoms with Gasteiger partial charge in [-0.25, -0.2) is 23.4 Å². The Hall–Kier alpha value is -2.72. The third-order valence-corrected chi connectivity index (χ3v) is 7.85. The number of fused-ring (bicyclic) bond motifs is 1. The van der Waals surface area contributed by atoms with Gasteiger partial charge in [0.25, 0.3) is 0 Å². The Morgan fingerprint density at radius 3 is 2.30 bits per heavy atom. The zero-order valence-corrected chi connectivity index (χ0v) is 17.6. The number of anilines is 2. The highest BCUT2D eigenvalue weighted by Crippen LogP contribution is 2.27. The number of H-pyrrole nitrogens is 1. The number of nitrogens with one attached hydrogen (secondary N) is 1. The van der Waals surface area contributed by atoms with Crippen molar-refractivity contribution in [2.45, 2.75) is 24.2 Å². The van der Waals surface area contributed by atoms with Crippen molar-refractivity contribution in [3.8, 4) is 0 Å². The van der Waals surface area contributed by atoms with Crippen molar-refractivity contribution < 1.29 is 8.42 Å². The molecule has 0 spiro atoms. The van der Waals surface area contributed by atoms with Gasteiger partial charge in [-0.05, 0) is 31.4 Å². The van der Waals surface area contributed by atoms with E-state index in [2.05, 4.69) is 29.7 Å². The van der Waals surface area contributed by atoms with E-state index in [1.54, 1.807) is 29.0 Å². The van der Waals surface area contributed by atoms with Gasteiger partial charge in [0.15, 0.2) is 0 Å². The molecule has 2 aliphatic rings. The molecule has 0 bridgehead atoms. The molecule has 2 aliphatic heterocycles. The van der Waals surface area contributed by atoms with E-state index < -0.39 is 10.0 Å². The summed E-state index contributed by atoms with van der Waals surface area (Å²) in [5, 5.41) is 0.627. The quantitative estimate of drug-likeness (QED) is 0.678. The molecule has 0 amide bonds. The third kappa shape index (κ3) is 3.50. The third-order valence-electron chi connectivity index (χ3n) is 5.91. The molecule has 30 heavy (non-hydrogen) atoms. The Balaban J connectivity index is 1.30. The lowest BCUT2D eigenvalue weighted by Gasteiger charge is -2.35. The van der Waals surface area contributed by atoms with E-state index in [0.717, 1.165) is 24.7 Å². The predicted octanol–water partition coefficient (Wildman–Crippen LogP) is 1.85. The summed E-state index contributed by atoms with van der Waals surface area (Å²) in [5.41, 5.74) is 0.584. The van der Waals surface area contributed by atoms with Crippen LogP contribution in [0.15, 0.2) is 41.8 Å². The summed E-state index contributed by atoms with van der Waals surface area (Å²) in [6, 6.07) is 5.56. The van der Waals surface area contributed by atoms with Gasteiger partial charge in [0.2, 0.25) is 10.0 Å². The molecule has 3 aromatic rings. The molecule has 5 rings (SSSR count). The molecule has 0 aromatic carbocycles. The van der Waals surface area contributed by atoms with Gasteiger partial charge >= 0.3 is 0 Å². The van der Waals surface area contributed by atoms with Crippen LogP contribution in [0.2, 0.25) is 0 Å².